The summed E-state index contributed by atoms with van der Waals surface area (Å²) in [5, 5.41) is 11.8. The van der Waals surface area contributed by atoms with Crippen LogP contribution in [0.3, 0.4) is 0 Å². The summed E-state index contributed by atoms with van der Waals surface area (Å²) in [6, 6.07) is 0.534. The second-order valence-electron chi connectivity index (χ2n) is 3.49. The Morgan fingerprint density at radius 3 is 2.67 bits per heavy atom. The van der Waals surface area contributed by atoms with E-state index in [0.29, 0.717) is 12.6 Å². The van der Waals surface area contributed by atoms with Crippen molar-refractivity contribution in [2.24, 2.45) is 5.92 Å². The van der Waals surface area contributed by atoms with Crippen molar-refractivity contribution in [2.45, 2.75) is 13.0 Å². The van der Waals surface area contributed by atoms with Gasteiger partial charge in [0.25, 0.3) is 0 Å². The van der Waals surface area contributed by atoms with Crippen LogP contribution in [-0.2, 0) is 4.79 Å². The van der Waals surface area contributed by atoms with Crippen LogP contribution >= 0.6 is 0 Å². The fourth-order valence-corrected chi connectivity index (χ4v) is 1.24. The van der Waals surface area contributed by atoms with E-state index in [4.69, 9.17) is 5.11 Å². The maximum atomic E-state index is 10.5. The van der Waals surface area contributed by atoms with Gasteiger partial charge >= 0.3 is 5.97 Å². The number of hydrogen-bond acceptors (Lipinski definition) is 3. The Morgan fingerprint density at radius 2 is 2.33 bits per heavy atom. The standard InChI is InChI=1S/C8H16N2O2/c1-6(8(11)12)5-10(2)7-3-9-4-7/h6-7,9H,3-5H2,1-2H3,(H,11,12). The minimum Gasteiger partial charge on any atom is -0.481 e. The maximum absolute atomic E-state index is 10.5. The molecule has 1 unspecified atom stereocenters. The van der Waals surface area contributed by atoms with Gasteiger partial charge in [0.05, 0.1) is 5.92 Å². The van der Waals surface area contributed by atoms with Gasteiger partial charge in [-0.05, 0) is 7.05 Å². The number of likely N-dealkylation sites (N-methyl/N-ethyl adjacent to an activating group) is 1. The zero-order chi connectivity index (χ0) is 9.14. The molecule has 4 nitrogen and oxygen atoms in total. The van der Waals surface area contributed by atoms with Crippen LogP contribution in [0, 0.1) is 5.92 Å². The molecule has 0 aromatic rings. The summed E-state index contributed by atoms with van der Waals surface area (Å²) in [7, 11) is 1.98. The first-order valence-corrected chi connectivity index (χ1v) is 4.25. The largest absolute Gasteiger partial charge is 0.481 e. The van der Waals surface area contributed by atoms with Gasteiger partial charge in [-0.25, -0.2) is 0 Å². The van der Waals surface area contributed by atoms with Crippen molar-refractivity contribution in [2.75, 3.05) is 26.7 Å². The zero-order valence-electron chi connectivity index (χ0n) is 7.58. The highest BCUT2D eigenvalue weighted by atomic mass is 16.4. The van der Waals surface area contributed by atoms with Gasteiger partial charge in [0.15, 0.2) is 0 Å². The highest BCUT2D eigenvalue weighted by Gasteiger charge is 2.24. The molecule has 0 bridgehead atoms. The van der Waals surface area contributed by atoms with Gasteiger partial charge in [0.1, 0.15) is 0 Å². The van der Waals surface area contributed by atoms with Crippen molar-refractivity contribution in [3.8, 4) is 0 Å². The van der Waals surface area contributed by atoms with Crippen molar-refractivity contribution in [3.05, 3.63) is 0 Å². The van der Waals surface area contributed by atoms with E-state index in [9.17, 15) is 4.79 Å². The van der Waals surface area contributed by atoms with E-state index in [0.717, 1.165) is 13.1 Å². The summed E-state index contributed by atoms with van der Waals surface area (Å²) in [6.07, 6.45) is 0. The molecule has 0 saturated carbocycles. The maximum Gasteiger partial charge on any atom is 0.307 e. The molecule has 1 saturated heterocycles. The second-order valence-corrected chi connectivity index (χ2v) is 3.49. The minimum atomic E-state index is -0.714. The first kappa shape index (κ1) is 9.48. The summed E-state index contributed by atoms with van der Waals surface area (Å²) in [6.45, 7) is 4.36. The minimum absolute atomic E-state index is 0.268. The summed E-state index contributed by atoms with van der Waals surface area (Å²) >= 11 is 0. The molecule has 1 aliphatic heterocycles. The topological polar surface area (TPSA) is 52.6 Å². The molecule has 0 aliphatic carbocycles. The summed E-state index contributed by atoms with van der Waals surface area (Å²) in [5.41, 5.74) is 0. The monoisotopic (exact) mass is 172 g/mol. The number of carbonyl (C=O) groups is 1. The summed E-state index contributed by atoms with van der Waals surface area (Å²) in [5.74, 6) is -0.982. The molecule has 1 fully saturated rings. The van der Waals surface area contributed by atoms with Gasteiger partial charge in [0, 0.05) is 25.7 Å². The normalized spacial score (nSPS) is 20.6. The van der Waals surface area contributed by atoms with Crippen molar-refractivity contribution < 1.29 is 9.90 Å². The lowest BCUT2D eigenvalue weighted by atomic mass is 10.1. The third-order valence-corrected chi connectivity index (χ3v) is 2.37. The first-order valence-electron chi connectivity index (χ1n) is 4.25. The lowest BCUT2D eigenvalue weighted by molar-refractivity contribution is -0.141. The zero-order valence-corrected chi connectivity index (χ0v) is 7.58. The predicted octanol–water partition coefficient (Wildman–Crippen LogP) is -0.389. The molecule has 0 spiro atoms. The average molecular weight is 172 g/mol. The third-order valence-electron chi connectivity index (χ3n) is 2.37. The lowest BCUT2D eigenvalue weighted by Gasteiger charge is -2.36. The number of aliphatic carboxylic acids is 1. The van der Waals surface area contributed by atoms with Crippen molar-refractivity contribution in [3.63, 3.8) is 0 Å². The molecular weight excluding hydrogens is 156 g/mol. The SMILES string of the molecule is CC(CN(C)C1CNC1)C(=O)O. The molecule has 70 valence electrons. The third kappa shape index (κ3) is 2.19. The molecule has 1 heterocycles. The number of nitrogens with one attached hydrogen (secondary N) is 1. The summed E-state index contributed by atoms with van der Waals surface area (Å²) < 4.78 is 0. The van der Waals surface area contributed by atoms with Gasteiger partial charge in [-0.1, -0.05) is 6.92 Å². The van der Waals surface area contributed by atoms with Crippen LogP contribution in [-0.4, -0.2) is 48.7 Å². The first-order chi connectivity index (χ1) is 5.61. The van der Waals surface area contributed by atoms with E-state index in [2.05, 4.69) is 10.2 Å². The second kappa shape index (κ2) is 3.87. The van der Waals surface area contributed by atoms with Crippen LogP contribution in [0.5, 0.6) is 0 Å². The molecule has 0 aromatic carbocycles. The Hall–Kier alpha value is -0.610. The highest BCUT2D eigenvalue weighted by molar-refractivity contribution is 5.69. The molecular formula is C8H16N2O2. The molecule has 0 radical (unpaired) electrons. The number of hydrogen-bond donors (Lipinski definition) is 2. The number of carboxylic acid groups (broad SMARTS) is 1. The molecule has 0 amide bonds. The van der Waals surface area contributed by atoms with E-state index in [1.165, 1.54) is 0 Å². The average Bonchev–Trinajstić information content (AvgIpc) is 1.82. The van der Waals surface area contributed by atoms with E-state index in [-0.39, 0.29) is 5.92 Å². The smallest absolute Gasteiger partial charge is 0.307 e. The molecule has 1 atom stereocenters. The lowest BCUT2D eigenvalue weighted by Crippen LogP contribution is -2.56. The predicted molar refractivity (Wildman–Crippen MR) is 46.1 cm³/mol. The van der Waals surface area contributed by atoms with Gasteiger partial charge < -0.3 is 15.3 Å². The van der Waals surface area contributed by atoms with Gasteiger partial charge in [0.2, 0.25) is 0 Å². The molecule has 2 N–H and O–H groups in total. The van der Waals surface area contributed by atoms with E-state index in [1.54, 1.807) is 6.92 Å². The van der Waals surface area contributed by atoms with E-state index >= 15 is 0 Å². The summed E-state index contributed by atoms with van der Waals surface area (Å²) in [4.78, 5) is 12.6. The van der Waals surface area contributed by atoms with Crippen molar-refractivity contribution >= 4 is 5.97 Å². The Morgan fingerprint density at radius 1 is 1.75 bits per heavy atom. The molecule has 1 rings (SSSR count). The molecule has 1 aliphatic rings. The number of nitrogens with zero attached hydrogens (tertiary/aromatic N) is 1. The van der Waals surface area contributed by atoms with Gasteiger partial charge in [-0.3, -0.25) is 4.79 Å². The van der Waals surface area contributed by atoms with Crippen LogP contribution in [0.15, 0.2) is 0 Å². The Bertz CT molecular complexity index is 168. The van der Waals surface area contributed by atoms with Crippen LogP contribution in [0.25, 0.3) is 0 Å². The van der Waals surface area contributed by atoms with Crippen LogP contribution in [0.4, 0.5) is 0 Å². The van der Waals surface area contributed by atoms with E-state index in [1.807, 2.05) is 7.05 Å². The van der Waals surface area contributed by atoms with Crippen LogP contribution in [0.1, 0.15) is 6.92 Å². The van der Waals surface area contributed by atoms with Crippen molar-refractivity contribution in [1.29, 1.82) is 0 Å². The Labute approximate surface area is 72.6 Å². The van der Waals surface area contributed by atoms with Gasteiger partial charge in [-0.15, -0.1) is 0 Å². The van der Waals surface area contributed by atoms with Crippen molar-refractivity contribution in [1.82, 2.24) is 10.2 Å². The Balaban J connectivity index is 2.24. The van der Waals surface area contributed by atoms with Crippen LogP contribution < -0.4 is 5.32 Å². The fourth-order valence-electron chi connectivity index (χ4n) is 1.24. The van der Waals surface area contributed by atoms with Gasteiger partial charge in [-0.2, -0.15) is 0 Å². The molecule has 12 heavy (non-hydrogen) atoms. The van der Waals surface area contributed by atoms with Crippen LogP contribution in [0.2, 0.25) is 0 Å². The van der Waals surface area contributed by atoms with E-state index < -0.39 is 5.97 Å². The quantitative estimate of drug-likeness (QED) is 0.606. The fraction of sp³-hybridized carbons (Fsp3) is 0.875. The highest BCUT2D eigenvalue weighted by Crippen LogP contribution is 2.05. The Kier molecular flexibility index (Phi) is 3.05. The molecule has 4 heteroatoms. The number of rotatable bonds is 4. The molecule has 0 aromatic heterocycles. The number of carboxylic acids is 1.